The molecule has 4 nitrogen and oxygen atoms in total. The second-order valence-corrected chi connectivity index (χ2v) is 5.11. The highest BCUT2D eigenvalue weighted by Gasteiger charge is 2.13. The summed E-state index contributed by atoms with van der Waals surface area (Å²) in [7, 11) is 0. The number of nitrogens with one attached hydrogen (secondary N) is 1. The maximum Gasteiger partial charge on any atom is 0.226 e. The van der Waals surface area contributed by atoms with E-state index in [4.69, 9.17) is 16.0 Å². The molecule has 0 amide bonds. The predicted octanol–water partition coefficient (Wildman–Crippen LogP) is 3.24. The van der Waals surface area contributed by atoms with Crippen molar-refractivity contribution in [1.29, 1.82) is 0 Å². The summed E-state index contributed by atoms with van der Waals surface area (Å²) in [4.78, 5) is 6.91. The van der Waals surface area contributed by atoms with E-state index in [0.717, 1.165) is 49.0 Å². The number of aromatic nitrogens is 1. The van der Waals surface area contributed by atoms with Gasteiger partial charge in [0.05, 0.1) is 5.69 Å². The standard InChI is InChI=1S/C14H16ClN3O.2ClH/c15-12-3-1-11(2-4-12)14-17-13(10-19-14)9-18-7-5-16-6-8-18;;/h1-4,10,16H,5-9H2;2*1H. The molecule has 0 unspecified atom stereocenters. The van der Waals surface area contributed by atoms with Gasteiger partial charge >= 0.3 is 0 Å². The Kier molecular flexibility index (Phi) is 7.49. The van der Waals surface area contributed by atoms with Crippen LogP contribution >= 0.6 is 36.4 Å². The fourth-order valence-electron chi connectivity index (χ4n) is 2.20. The van der Waals surface area contributed by atoms with Crippen molar-refractivity contribution in [3.05, 3.63) is 41.2 Å². The minimum atomic E-state index is 0. The summed E-state index contributed by atoms with van der Waals surface area (Å²) in [6.45, 7) is 5.05. The lowest BCUT2D eigenvalue weighted by Gasteiger charge is -2.25. The molecule has 2 aromatic rings. The smallest absolute Gasteiger partial charge is 0.226 e. The van der Waals surface area contributed by atoms with Crippen LogP contribution in [0, 0.1) is 0 Å². The fourth-order valence-corrected chi connectivity index (χ4v) is 2.33. The van der Waals surface area contributed by atoms with Crippen LogP contribution in [0.5, 0.6) is 0 Å². The monoisotopic (exact) mass is 349 g/mol. The van der Waals surface area contributed by atoms with Gasteiger partial charge in [0.1, 0.15) is 6.26 Å². The molecule has 1 aromatic carbocycles. The van der Waals surface area contributed by atoms with Gasteiger partial charge in [-0.2, -0.15) is 0 Å². The second kappa shape index (κ2) is 8.61. The zero-order valence-corrected chi connectivity index (χ0v) is 13.8. The van der Waals surface area contributed by atoms with E-state index in [2.05, 4.69) is 15.2 Å². The van der Waals surface area contributed by atoms with Crippen LogP contribution < -0.4 is 5.32 Å². The minimum absolute atomic E-state index is 0. The Hall–Kier alpha value is -0.780. The first-order chi connectivity index (χ1) is 9.31. The molecule has 0 atom stereocenters. The average molecular weight is 351 g/mol. The van der Waals surface area contributed by atoms with E-state index in [1.807, 2.05) is 24.3 Å². The molecule has 1 saturated heterocycles. The molecule has 1 aliphatic rings. The molecular formula is C14H18Cl3N3O. The average Bonchev–Trinajstić information content (AvgIpc) is 2.89. The van der Waals surface area contributed by atoms with Crippen LogP contribution in [0.25, 0.3) is 11.5 Å². The van der Waals surface area contributed by atoms with Gasteiger partial charge < -0.3 is 9.73 Å². The number of rotatable bonds is 3. The molecule has 0 bridgehead atoms. The normalized spacial score (nSPS) is 15.1. The largest absolute Gasteiger partial charge is 0.444 e. The number of halogens is 3. The fraction of sp³-hybridized carbons (Fsp3) is 0.357. The third kappa shape index (κ3) is 4.87. The Morgan fingerprint density at radius 1 is 1.14 bits per heavy atom. The van der Waals surface area contributed by atoms with Crippen LogP contribution in [0.4, 0.5) is 0 Å². The van der Waals surface area contributed by atoms with Gasteiger partial charge in [0.15, 0.2) is 0 Å². The predicted molar refractivity (Wildman–Crippen MR) is 89.6 cm³/mol. The molecule has 1 N–H and O–H groups in total. The van der Waals surface area contributed by atoms with Gasteiger partial charge in [0, 0.05) is 43.3 Å². The zero-order valence-electron chi connectivity index (χ0n) is 11.4. The van der Waals surface area contributed by atoms with Crippen LogP contribution in [0.15, 0.2) is 34.9 Å². The molecule has 0 spiro atoms. The van der Waals surface area contributed by atoms with E-state index in [1.165, 1.54) is 0 Å². The molecule has 7 heteroatoms. The number of hydrogen-bond acceptors (Lipinski definition) is 4. The Balaban J connectivity index is 0.00000110. The van der Waals surface area contributed by atoms with Gasteiger partial charge in [-0.15, -0.1) is 24.8 Å². The Morgan fingerprint density at radius 3 is 2.48 bits per heavy atom. The third-order valence-corrected chi connectivity index (χ3v) is 3.49. The number of benzene rings is 1. The molecule has 3 rings (SSSR count). The van der Waals surface area contributed by atoms with E-state index in [-0.39, 0.29) is 24.8 Å². The maximum atomic E-state index is 5.87. The van der Waals surface area contributed by atoms with Crippen LogP contribution in [0.2, 0.25) is 5.02 Å². The summed E-state index contributed by atoms with van der Waals surface area (Å²) in [5, 5.41) is 4.06. The molecule has 2 heterocycles. The van der Waals surface area contributed by atoms with Crippen molar-refractivity contribution in [3.8, 4) is 11.5 Å². The lowest BCUT2D eigenvalue weighted by atomic mass is 10.2. The van der Waals surface area contributed by atoms with Crippen LogP contribution in [-0.4, -0.2) is 36.1 Å². The molecule has 0 saturated carbocycles. The lowest BCUT2D eigenvalue weighted by Crippen LogP contribution is -2.42. The highest BCUT2D eigenvalue weighted by Crippen LogP contribution is 2.21. The van der Waals surface area contributed by atoms with Crippen LogP contribution in [-0.2, 0) is 6.54 Å². The molecule has 1 aromatic heterocycles. The van der Waals surface area contributed by atoms with Crippen molar-refractivity contribution >= 4 is 36.4 Å². The molecule has 0 radical (unpaired) electrons. The summed E-state index contributed by atoms with van der Waals surface area (Å²) in [5.41, 5.74) is 1.93. The number of nitrogens with zero attached hydrogens (tertiary/aromatic N) is 2. The highest BCUT2D eigenvalue weighted by atomic mass is 35.5. The van der Waals surface area contributed by atoms with E-state index < -0.39 is 0 Å². The molecule has 1 fully saturated rings. The SMILES string of the molecule is Cl.Cl.Clc1ccc(-c2nc(CN3CCNCC3)co2)cc1. The first-order valence-corrected chi connectivity index (χ1v) is 6.82. The first-order valence-electron chi connectivity index (χ1n) is 6.45. The summed E-state index contributed by atoms with van der Waals surface area (Å²) < 4.78 is 5.54. The summed E-state index contributed by atoms with van der Waals surface area (Å²) in [6.07, 6.45) is 1.74. The van der Waals surface area contributed by atoms with Crippen molar-refractivity contribution in [2.45, 2.75) is 6.54 Å². The van der Waals surface area contributed by atoms with Crippen molar-refractivity contribution in [3.63, 3.8) is 0 Å². The maximum absolute atomic E-state index is 5.87. The molecule has 21 heavy (non-hydrogen) atoms. The molecular weight excluding hydrogens is 333 g/mol. The Bertz CT molecular complexity index is 539. The number of oxazole rings is 1. The minimum Gasteiger partial charge on any atom is -0.444 e. The van der Waals surface area contributed by atoms with Crippen molar-refractivity contribution < 1.29 is 4.42 Å². The van der Waals surface area contributed by atoms with E-state index in [0.29, 0.717) is 5.89 Å². The second-order valence-electron chi connectivity index (χ2n) is 4.68. The lowest BCUT2D eigenvalue weighted by molar-refractivity contribution is 0.230. The Labute approximate surface area is 141 Å². The Morgan fingerprint density at radius 2 is 1.81 bits per heavy atom. The van der Waals surface area contributed by atoms with Crippen molar-refractivity contribution in [2.24, 2.45) is 0 Å². The number of piperazine rings is 1. The molecule has 0 aliphatic carbocycles. The summed E-state index contributed by atoms with van der Waals surface area (Å²) in [5.74, 6) is 0.654. The van der Waals surface area contributed by atoms with Crippen molar-refractivity contribution in [1.82, 2.24) is 15.2 Å². The third-order valence-electron chi connectivity index (χ3n) is 3.24. The first kappa shape index (κ1) is 18.3. The van der Waals surface area contributed by atoms with E-state index >= 15 is 0 Å². The zero-order chi connectivity index (χ0) is 13.1. The van der Waals surface area contributed by atoms with Gasteiger partial charge in [-0.3, -0.25) is 4.90 Å². The molecule has 1 aliphatic heterocycles. The quantitative estimate of drug-likeness (QED) is 0.922. The molecule has 116 valence electrons. The summed E-state index contributed by atoms with van der Waals surface area (Å²) in [6, 6.07) is 7.53. The van der Waals surface area contributed by atoms with E-state index in [9.17, 15) is 0 Å². The van der Waals surface area contributed by atoms with Gasteiger partial charge in [-0.05, 0) is 24.3 Å². The summed E-state index contributed by atoms with van der Waals surface area (Å²) >= 11 is 5.87. The van der Waals surface area contributed by atoms with Crippen LogP contribution in [0.1, 0.15) is 5.69 Å². The topological polar surface area (TPSA) is 41.3 Å². The highest BCUT2D eigenvalue weighted by molar-refractivity contribution is 6.30. The van der Waals surface area contributed by atoms with Crippen LogP contribution in [0.3, 0.4) is 0 Å². The van der Waals surface area contributed by atoms with Gasteiger partial charge in [0.2, 0.25) is 5.89 Å². The van der Waals surface area contributed by atoms with Gasteiger partial charge in [-0.25, -0.2) is 4.98 Å². The van der Waals surface area contributed by atoms with Gasteiger partial charge in [-0.1, -0.05) is 11.6 Å². The number of hydrogen-bond donors (Lipinski definition) is 1. The van der Waals surface area contributed by atoms with Crippen molar-refractivity contribution in [2.75, 3.05) is 26.2 Å². The van der Waals surface area contributed by atoms with Gasteiger partial charge in [0.25, 0.3) is 0 Å². The van der Waals surface area contributed by atoms with E-state index in [1.54, 1.807) is 6.26 Å².